The lowest BCUT2D eigenvalue weighted by atomic mass is 9.96. The largest absolute Gasteiger partial charge is 0.351 e. The monoisotopic (exact) mass is 453 g/mol. The summed E-state index contributed by atoms with van der Waals surface area (Å²) in [6.45, 7) is 8.44. The molecule has 1 aromatic carbocycles. The number of hydrogen-bond acceptors (Lipinski definition) is 3. The Labute approximate surface area is 200 Å². The van der Waals surface area contributed by atoms with Crippen LogP contribution in [0.3, 0.4) is 0 Å². The molecule has 4 aromatic rings. The molecule has 1 saturated heterocycles. The molecule has 1 N–H and O–H groups in total. The lowest BCUT2D eigenvalue weighted by Crippen LogP contribution is -2.29. The lowest BCUT2D eigenvalue weighted by molar-refractivity contribution is 0.565. The van der Waals surface area contributed by atoms with Crippen LogP contribution in [0, 0.1) is 27.7 Å². The van der Waals surface area contributed by atoms with E-state index in [1.807, 2.05) is 24.5 Å². The third kappa shape index (κ3) is 3.80. The third-order valence-corrected chi connectivity index (χ3v) is 6.64. The maximum absolute atomic E-state index is 5.87. The Balaban J connectivity index is 1.67. The summed E-state index contributed by atoms with van der Waals surface area (Å²) in [5, 5.41) is 4.26. The van der Waals surface area contributed by atoms with E-state index < -0.39 is 0 Å². The number of rotatable bonds is 4. The van der Waals surface area contributed by atoms with Crippen molar-refractivity contribution in [2.45, 2.75) is 39.8 Å². The Hall–Kier alpha value is -3.51. The molecule has 0 amide bonds. The first-order chi connectivity index (χ1) is 15.9. The standard InChI is InChI=1S/C27H27N5S/c1-17-8-11-21(12-9-17)32-26(25(30-27(32)33)23-7-5-6-14-28-23)22-15-19(3)31(20(22)4)24-13-10-18(2)16-29-24/h5-16,25-26H,1-4H3,(H,30,33)/t25-,26+/m1/s1. The van der Waals surface area contributed by atoms with Crippen LogP contribution in [-0.2, 0) is 0 Å². The Kier molecular flexibility index (Phi) is 5.46. The highest BCUT2D eigenvalue weighted by molar-refractivity contribution is 7.80. The minimum atomic E-state index is -0.0695. The first-order valence-electron chi connectivity index (χ1n) is 11.1. The van der Waals surface area contributed by atoms with Crippen LogP contribution in [0.2, 0.25) is 0 Å². The van der Waals surface area contributed by atoms with Crippen LogP contribution in [-0.4, -0.2) is 19.6 Å². The molecule has 0 radical (unpaired) electrons. The zero-order valence-electron chi connectivity index (χ0n) is 19.3. The van der Waals surface area contributed by atoms with Crippen molar-refractivity contribution < 1.29 is 0 Å². The molecule has 33 heavy (non-hydrogen) atoms. The molecule has 0 unspecified atom stereocenters. The van der Waals surface area contributed by atoms with Crippen molar-refractivity contribution in [1.82, 2.24) is 19.9 Å². The fraction of sp³-hybridized carbons (Fsp3) is 0.222. The molecule has 0 spiro atoms. The maximum Gasteiger partial charge on any atom is 0.174 e. The Morgan fingerprint density at radius 3 is 2.30 bits per heavy atom. The molecular weight excluding hydrogens is 426 g/mol. The fourth-order valence-electron chi connectivity index (χ4n) is 4.69. The predicted octanol–water partition coefficient (Wildman–Crippen LogP) is 5.68. The van der Waals surface area contributed by atoms with E-state index in [1.165, 1.54) is 11.1 Å². The first kappa shape index (κ1) is 21.3. The average molecular weight is 454 g/mol. The van der Waals surface area contributed by atoms with Gasteiger partial charge in [0, 0.05) is 29.5 Å². The summed E-state index contributed by atoms with van der Waals surface area (Å²) in [5.74, 6) is 0.923. The van der Waals surface area contributed by atoms with Crippen LogP contribution < -0.4 is 10.2 Å². The van der Waals surface area contributed by atoms with Crippen LogP contribution in [0.5, 0.6) is 0 Å². The highest BCUT2D eigenvalue weighted by Gasteiger charge is 2.42. The smallest absolute Gasteiger partial charge is 0.174 e. The highest BCUT2D eigenvalue weighted by atomic mass is 32.1. The Bertz CT molecular complexity index is 1290. The summed E-state index contributed by atoms with van der Waals surface area (Å²) in [5.41, 5.74) is 7.90. The van der Waals surface area contributed by atoms with Crippen LogP contribution in [0.15, 0.2) is 73.1 Å². The summed E-state index contributed by atoms with van der Waals surface area (Å²) < 4.78 is 2.22. The normalized spacial score (nSPS) is 17.9. The molecule has 0 bridgehead atoms. The van der Waals surface area contributed by atoms with Gasteiger partial charge in [-0.05, 0) is 87.4 Å². The number of pyridine rings is 2. The summed E-state index contributed by atoms with van der Waals surface area (Å²) in [4.78, 5) is 11.6. The van der Waals surface area contributed by atoms with E-state index in [-0.39, 0.29) is 12.1 Å². The lowest BCUT2D eigenvalue weighted by Gasteiger charge is -2.28. The van der Waals surface area contributed by atoms with Crippen molar-refractivity contribution in [3.8, 4) is 5.82 Å². The summed E-state index contributed by atoms with van der Waals surface area (Å²) in [6, 6.07) is 20.9. The molecule has 5 rings (SSSR count). The van der Waals surface area contributed by atoms with Crippen LogP contribution in [0.1, 0.15) is 45.9 Å². The van der Waals surface area contributed by atoms with Gasteiger partial charge in [-0.25, -0.2) is 4.98 Å². The number of nitrogens with zero attached hydrogens (tertiary/aromatic N) is 4. The maximum atomic E-state index is 5.87. The van der Waals surface area contributed by atoms with Crippen molar-refractivity contribution in [2.24, 2.45) is 0 Å². The van der Waals surface area contributed by atoms with E-state index >= 15 is 0 Å². The SMILES string of the molecule is Cc1ccc(N2C(=S)N[C@H](c3ccccn3)[C@@H]2c2cc(C)n(-c3ccc(C)cn3)c2C)cc1. The molecule has 1 aliphatic rings. The fourth-order valence-corrected chi connectivity index (χ4v) is 5.03. The van der Waals surface area contributed by atoms with E-state index in [0.717, 1.165) is 34.2 Å². The number of thiocarbonyl (C=S) groups is 1. The minimum absolute atomic E-state index is 0.0412. The average Bonchev–Trinajstić information content (AvgIpc) is 3.31. The van der Waals surface area contributed by atoms with Gasteiger partial charge in [0.05, 0.1) is 17.8 Å². The van der Waals surface area contributed by atoms with Crippen molar-refractivity contribution in [2.75, 3.05) is 4.90 Å². The quantitative estimate of drug-likeness (QED) is 0.403. The van der Waals surface area contributed by atoms with Gasteiger partial charge in [0.15, 0.2) is 5.11 Å². The van der Waals surface area contributed by atoms with Gasteiger partial charge in [0.2, 0.25) is 0 Å². The summed E-state index contributed by atoms with van der Waals surface area (Å²) in [7, 11) is 0. The second kappa shape index (κ2) is 8.45. The van der Waals surface area contributed by atoms with E-state index in [0.29, 0.717) is 5.11 Å². The molecule has 5 nitrogen and oxygen atoms in total. The minimum Gasteiger partial charge on any atom is -0.351 e. The molecule has 6 heteroatoms. The first-order valence-corrected chi connectivity index (χ1v) is 11.5. The number of nitrogens with one attached hydrogen (secondary N) is 1. The van der Waals surface area contributed by atoms with Gasteiger partial charge >= 0.3 is 0 Å². The Morgan fingerprint density at radius 1 is 0.879 bits per heavy atom. The molecule has 4 heterocycles. The molecule has 1 aliphatic heterocycles. The topological polar surface area (TPSA) is 46.0 Å². The zero-order valence-corrected chi connectivity index (χ0v) is 20.1. The van der Waals surface area contributed by atoms with Gasteiger partial charge in [-0.3, -0.25) is 4.98 Å². The van der Waals surface area contributed by atoms with Gasteiger partial charge in [-0.2, -0.15) is 0 Å². The molecule has 1 fully saturated rings. The van der Waals surface area contributed by atoms with E-state index in [2.05, 4.69) is 101 Å². The van der Waals surface area contributed by atoms with Gasteiger partial charge < -0.3 is 14.8 Å². The van der Waals surface area contributed by atoms with E-state index in [1.54, 1.807) is 0 Å². The van der Waals surface area contributed by atoms with Crippen molar-refractivity contribution in [3.63, 3.8) is 0 Å². The summed E-state index contributed by atoms with van der Waals surface area (Å²) >= 11 is 5.87. The molecule has 3 aromatic heterocycles. The van der Waals surface area contributed by atoms with Gasteiger partial charge in [-0.15, -0.1) is 0 Å². The zero-order chi connectivity index (χ0) is 23.1. The van der Waals surface area contributed by atoms with E-state index in [9.17, 15) is 0 Å². The number of hydrogen-bond donors (Lipinski definition) is 1. The van der Waals surface area contributed by atoms with Crippen LogP contribution >= 0.6 is 12.2 Å². The highest BCUT2D eigenvalue weighted by Crippen LogP contribution is 2.43. The van der Waals surface area contributed by atoms with Crippen LogP contribution in [0.4, 0.5) is 5.69 Å². The number of aryl methyl sites for hydroxylation is 3. The number of benzene rings is 1. The van der Waals surface area contributed by atoms with Gasteiger partial charge in [0.1, 0.15) is 5.82 Å². The van der Waals surface area contributed by atoms with Crippen molar-refractivity contribution >= 4 is 23.0 Å². The molecule has 166 valence electrons. The second-order valence-electron chi connectivity index (χ2n) is 8.69. The van der Waals surface area contributed by atoms with Gasteiger partial charge in [0.25, 0.3) is 0 Å². The molecular formula is C27H27N5S. The summed E-state index contributed by atoms with van der Waals surface area (Å²) in [6.07, 6.45) is 3.75. The molecule has 0 saturated carbocycles. The molecule has 0 aliphatic carbocycles. The Morgan fingerprint density at radius 2 is 1.64 bits per heavy atom. The molecule has 2 atom stereocenters. The van der Waals surface area contributed by atoms with Crippen molar-refractivity contribution in [1.29, 1.82) is 0 Å². The third-order valence-electron chi connectivity index (χ3n) is 6.32. The second-order valence-corrected chi connectivity index (χ2v) is 9.07. The number of anilines is 1. The van der Waals surface area contributed by atoms with Crippen molar-refractivity contribution in [3.05, 3.63) is 107 Å². The van der Waals surface area contributed by atoms with Crippen LogP contribution in [0.25, 0.3) is 5.82 Å². The van der Waals surface area contributed by atoms with E-state index in [4.69, 9.17) is 12.2 Å². The predicted molar refractivity (Wildman–Crippen MR) is 137 cm³/mol. The van der Waals surface area contributed by atoms with Gasteiger partial charge in [-0.1, -0.05) is 29.8 Å². The number of aromatic nitrogens is 3.